The van der Waals surface area contributed by atoms with Crippen molar-refractivity contribution in [1.82, 2.24) is 10.4 Å². The predicted molar refractivity (Wildman–Crippen MR) is 137 cm³/mol. The van der Waals surface area contributed by atoms with Gasteiger partial charge in [0.05, 0.1) is 29.1 Å². The molecule has 0 saturated carbocycles. The van der Waals surface area contributed by atoms with Crippen molar-refractivity contribution in [3.8, 4) is 0 Å². The lowest BCUT2D eigenvalue weighted by molar-refractivity contribution is -0.110. The van der Waals surface area contributed by atoms with Gasteiger partial charge in [-0.3, -0.25) is 14.4 Å². The normalized spacial score (nSPS) is 13.7. The summed E-state index contributed by atoms with van der Waals surface area (Å²) in [6, 6.07) is 20.7. The van der Waals surface area contributed by atoms with Crippen LogP contribution in [0.25, 0.3) is 11.3 Å². The Morgan fingerprint density at radius 2 is 1.64 bits per heavy atom. The Kier molecular flexibility index (Phi) is 7.43. The van der Waals surface area contributed by atoms with E-state index in [0.717, 1.165) is 5.56 Å². The van der Waals surface area contributed by atoms with Crippen molar-refractivity contribution in [2.24, 2.45) is 0 Å². The van der Waals surface area contributed by atoms with Crippen LogP contribution < -0.4 is 16.1 Å². The molecule has 0 aliphatic carbocycles. The van der Waals surface area contributed by atoms with E-state index in [4.69, 9.17) is 4.84 Å². The molecule has 1 heterocycles. The number of fused-ring (bicyclic) bond motifs is 1. The Labute approximate surface area is 208 Å². The molecule has 36 heavy (non-hydrogen) atoms. The van der Waals surface area contributed by atoms with Gasteiger partial charge < -0.3 is 20.6 Å². The fraction of sp³-hybridized carbons (Fsp3) is 0.148. The van der Waals surface area contributed by atoms with E-state index in [2.05, 4.69) is 16.1 Å². The Morgan fingerprint density at radius 3 is 2.31 bits per heavy atom. The molecule has 3 aromatic carbocycles. The molecule has 0 fully saturated rings. The van der Waals surface area contributed by atoms with Crippen molar-refractivity contribution in [3.63, 3.8) is 0 Å². The number of nitrogens with zero attached hydrogens (tertiary/aromatic N) is 1. The SMILES string of the molecule is CN(C)CCONC(=O)c1ccc(NC(=C2C(=O)Nc3cc(C(=O)O)ccc32)c2ccccc2)cc1. The second-order valence-corrected chi connectivity index (χ2v) is 8.42. The first kappa shape index (κ1) is 24.6. The molecule has 0 bridgehead atoms. The molecular formula is C27H26N4O5. The number of carboxylic acids is 1. The van der Waals surface area contributed by atoms with Gasteiger partial charge in [0.1, 0.15) is 0 Å². The first-order chi connectivity index (χ1) is 17.3. The molecule has 0 atom stereocenters. The highest BCUT2D eigenvalue weighted by atomic mass is 16.6. The van der Waals surface area contributed by atoms with Gasteiger partial charge in [-0.25, -0.2) is 10.3 Å². The minimum absolute atomic E-state index is 0.0871. The summed E-state index contributed by atoms with van der Waals surface area (Å²) < 4.78 is 0. The standard InChI is InChI=1S/C27H26N4O5/c1-31(2)14-15-36-30-25(32)18-8-11-20(12-9-18)28-24(17-6-4-3-5-7-17)23-21-13-10-19(27(34)35)16-22(21)29-26(23)33/h3-13,16,28H,14-15H2,1-2H3,(H,29,33)(H,30,32)(H,34,35). The van der Waals surface area contributed by atoms with Crippen LogP contribution in [0.5, 0.6) is 0 Å². The highest BCUT2D eigenvalue weighted by Crippen LogP contribution is 2.38. The third kappa shape index (κ3) is 5.60. The number of carbonyl (C=O) groups is 3. The van der Waals surface area contributed by atoms with E-state index in [0.29, 0.717) is 46.9 Å². The summed E-state index contributed by atoms with van der Waals surface area (Å²) in [4.78, 5) is 43.8. The smallest absolute Gasteiger partial charge is 0.335 e. The van der Waals surface area contributed by atoms with E-state index in [1.807, 2.05) is 49.3 Å². The molecule has 1 aliphatic heterocycles. The van der Waals surface area contributed by atoms with E-state index in [1.54, 1.807) is 30.3 Å². The molecule has 2 amide bonds. The number of anilines is 2. The maximum Gasteiger partial charge on any atom is 0.335 e. The molecule has 0 radical (unpaired) electrons. The van der Waals surface area contributed by atoms with Gasteiger partial charge in [0, 0.05) is 23.4 Å². The summed E-state index contributed by atoms with van der Waals surface area (Å²) in [5.41, 5.74) is 6.35. The van der Waals surface area contributed by atoms with Crippen LogP contribution in [-0.2, 0) is 9.63 Å². The second kappa shape index (κ2) is 10.9. The van der Waals surface area contributed by atoms with Gasteiger partial charge in [-0.2, -0.15) is 0 Å². The van der Waals surface area contributed by atoms with Crippen LogP contribution in [0.3, 0.4) is 0 Å². The van der Waals surface area contributed by atoms with Gasteiger partial charge in [-0.15, -0.1) is 0 Å². The van der Waals surface area contributed by atoms with Crippen molar-refractivity contribution in [2.75, 3.05) is 37.9 Å². The summed E-state index contributed by atoms with van der Waals surface area (Å²) in [5, 5.41) is 15.4. The van der Waals surface area contributed by atoms with E-state index in [9.17, 15) is 19.5 Å². The van der Waals surface area contributed by atoms with Crippen molar-refractivity contribution in [2.45, 2.75) is 0 Å². The molecule has 9 heteroatoms. The average molecular weight is 487 g/mol. The van der Waals surface area contributed by atoms with Crippen LogP contribution in [0, 0.1) is 0 Å². The molecule has 0 spiro atoms. The number of hydrogen-bond acceptors (Lipinski definition) is 6. The zero-order chi connectivity index (χ0) is 25.7. The maximum atomic E-state index is 13.0. The molecule has 0 aromatic heterocycles. The molecule has 184 valence electrons. The van der Waals surface area contributed by atoms with Gasteiger partial charge >= 0.3 is 5.97 Å². The van der Waals surface area contributed by atoms with Crippen LogP contribution >= 0.6 is 0 Å². The highest BCUT2D eigenvalue weighted by molar-refractivity contribution is 6.37. The Balaban J connectivity index is 1.62. The van der Waals surface area contributed by atoms with E-state index in [-0.39, 0.29) is 17.4 Å². The van der Waals surface area contributed by atoms with Crippen molar-refractivity contribution >= 4 is 40.4 Å². The fourth-order valence-corrected chi connectivity index (χ4v) is 3.69. The van der Waals surface area contributed by atoms with Crippen LogP contribution in [-0.4, -0.2) is 55.0 Å². The summed E-state index contributed by atoms with van der Waals surface area (Å²) in [6.07, 6.45) is 0. The molecule has 0 saturated heterocycles. The number of aromatic carboxylic acids is 1. The highest BCUT2D eigenvalue weighted by Gasteiger charge is 2.29. The van der Waals surface area contributed by atoms with Gasteiger partial charge in [-0.1, -0.05) is 36.4 Å². The van der Waals surface area contributed by atoms with Gasteiger partial charge in [0.15, 0.2) is 0 Å². The number of amides is 2. The Bertz CT molecular complexity index is 1320. The molecular weight excluding hydrogens is 460 g/mol. The lowest BCUT2D eigenvalue weighted by atomic mass is 9.99. The second-order valence-electron chi connectivity index (χ2n) is 8.42. The Morgan fingerprint density at radius 1 is 0.944 bits per heavy atom. The monoisotopic (exact) mass is 486 g/mol. The number of carboxylic acid groups (broad SMARTS) is 1. The molecule has 4 rings (SSSR count). The minimum Gasteiger partial charge on any atom is -0.478 e. The van der Waals surface area contributed by atoms with Crippen molar-refractivity contribution < 1.29 is 24.3 Å². The summed E-state index contributed by atoms with van der Waals surface area (Å²) in [5.74, 6) is -1.77. The number of hydrogen-bond donors (Lipinski definition) is 4. The number of nitrogens with one attached hydrogen (secondary N) is 3. The molecule has 1 aliphatic rings. The third-order valence-electron chi connectivity index (χ3n) is 5.55. The Hall–Kier alpha value is -4.47. The predicted octanol–water partition coefficient (Wildman–Crippen LogP) is 3.54. The van der Waals surface area contributed by atoms with Crippen molar-refractivity contribution in [1.29, 1.82) is 0 Å². The van der Waals surface area contributed by atoms with Gasteiger partial charge in [0.2, 0.25) is 0 Å². The van der Waals surface area contributed by atoms with Crippen LogP contribution in [0.4, 0.5) is 11.4 Å². The quantitative estimate of drug-likeness (QED) is 0.207. The number of carbonyl (C=O) groups excluding carboxylic acids is 2. The lowest BCUT2D eigenvalue weighted by Gasteiger charge is -2.15. The maximum absolute atomic E-state index is 13.0. The molecule has 3 aromatic rings. The van der Waals surface area contributed by atoms with Crippen LogP contribution in [0.2, 0.25) is 0 Å². The van der Waals surface area contributed by atoms with Gasteiger partial charge in [0.25, 0.3) is 11.8 Å². The summed E-state index contributed by atoms with van der Waals surface area (Å²) >= 11 is 0. The minimum atomic E-state index is -1.07. The van der Waals surface area contributed by atoms with Crippen LogP contribution in [0.1, 0.15) is 31.8 Å². The van der Waals surface area contributed by atoms with E-state index >= 15 is 0 Å². The topological polar surface area (TPSA) is 120 Å². The largest absolute Gasteiger partial charge is 0.478 e. The van der Waals surface area contributed by atoms with Gasteiger partial charge in [-0.05, 0) is 56.1 Å². The van der Waals surface area contributed by atoms with E-state index in [1.165, 1.54) is 12.1 Å². The summed E-state index contributed by atoms with van der Waals surface area (Å²) in [7, 11) is 3.83. The first-order valence-corrected chi connectivity index (χ1v) is 11.3. The van der Waals surface area contributed by atoms with Crippen LogP contribution in [0.15, 0.2) is 72.8 Å². The number of likely N-dealkylation sites (N-methyl/N-ethyl adjacent to an activating group) is 1. The zero-order valence-electron chi connectivity index (χ0n) is 19.9. The molecule has 9 nitrogen and oxygen atoms in total. The zero-order valence-corrected chi connectivity index (χ0v) is 19.9. The fourth-order valence-electron chi connectivity index (χ4n) is 3.69. The average Bonchev–Trinajstić information content (AvgIpc) is 3.20. The number of benzene rings is 3. The van der Waals surface area contributed by atoms with E-state index < -0.39 is 5.97 Å². The number of hydroxylamine groups is 1. The number of rotatable bonds is 9. The molecule has 4 N–H and O–H groups in total. The first-order valence-electron chi connectivity index (χ1n) is 11.3. The van der Waals surface area contributed by atoms with Crippen molar-refractivity contribution in [3.05, 3.63) is 95.1 Å². The lowest BCUT2D eigenvalue weighted by Crippen LogP contribution is -2.28. The molecule has 0 unspecified atom stereocenters. The summed E-state index contributed by atoms with van der Waals surface area (Å²) in [6.45, 7) is 1.04. The third-order valence-corrected chi connectivity index (χ3v) is 5.55.